The summed E-state index contributed by atoms with van der Waals surface area (Å²) < 4.78 is 11.8. The van der Waals surface area contributed by atoms with Gasteiger partial charge < -0.3 is 19.3 Å². The summed E-state index contributed by atoms with van der Waals surface area (Å²) in [7, 11) is 0. The normalized spacial score (nSPS) is 16.1. The number of aromatic nitrogens is 2. The monoisotopic (exact) mass is 458 g/mol. The van der Waals surface area contributed by atoms with E-state index in [1.807, 2.05) is 60.7 Å². The molecule has 176 valence electrons. The minimum absolute atomic E-state index is 0.249. The highest BCUT2D eigenvalue weighted by molar-refractivity contribution is 5.68. The Bertz CT molecular complexity index is 1120. The molecule has 3 aromatic rings. The van der Waals surface area contributed by atoms with Gasteiger partial charge in [-0.05, 0) is 36.5 Å². The van der Waals surface area contributed by atoms with E-state index < -0.39 is 0 Å². The van der Waals surface area contributed by atoms with E-state index in [0.717, 1.165) is 54.6 Å². The molecule has 7 heteroatoms. The van der Waals surface area contributed by atoms with Crippen molar-refractivity contribution in [2.24, 2.45) is 5.92 Å². The second-order valence-electron chi connectivity index (χ2n) is 9.05. The minimum Gasteiger partial charge on any atom is -0.445 e. The molecule has 0 N–H and O–H groups in total. The van der Waals surface area contributed by atoms with Crippen molar-refractivity contribution in [1.29, 1.82) is 0 Å². The fraction of sp³-hybridized carbons (Fsp3) is 0.370. The van der Waals surface area contributed by atoms with Crippen LogP contribution < -0.4 is 9.64 Å². The van der Waals surface area contributed by atoms with E-state index in [1.54, 1.807) is 4.90 Å². The van der Waals surface area contributed by atoms with Gasteiger partial charge in [0, 0.05) is 26.1 Å². The number of piperidine rings is 1. The zero-order chi connectivity index (χ0) is 23.3. The largest absolute Gasteiger partial charge is 0.445 e. The van der Waals surface area contributed by atoms with Gasteiger partial charge in [0.1, 0.15) is 12.4 Å². The average Bonchev–Trinajstić information content (AvgIpc) is 2.88. The molecular formula is C27H30N4O3. The van der Waals surface area contributed by atoms with Crippen molar-refractivity contribution < 1.29 is 14.3 Å². The Balaban J connectivity index is 1.37. The molecule has 3 heterocycles. The first kappa shape index (κ1) is 22.2. The number of fused-ring (bicyclic) bond motifs is 1. The van der Waals surface area contributed by atoms with Gasteiger partial charge in [-0.3, -0.25) is 0 Å². The lowest BCUT2D eigenvalue weighted by molar-refractivity contribution is 0.0912. The summed E-state index contributed by atoms with van der Waals surface area (Å²) in [5.74, 6) is 2.68. The van der Waals surface area contributed by atoms with Crippen LogP contribution in [-0.4, -0.2) is 40.6 Å². The van der Waals surface area contributed by atoms with Crippen molar-refractivity contribution in [3.8, 4) is 11.6 Å². The minimum atomic E-state index is -0.339. The van der Waals surface area contributed by atoms with Gasteiger partial charge in [-0.25, -0.2) is 9.78 Å². The average molecular weight is 459 g/mol. The molecular weight excluding hydrogens is 428 g/mol. The molecule has 0 radical (unpaired) electrons. The molecule has 5 rings (SSSR count). The van der Waals surface area contributed by atoms with Gasteiger partial charge in [0.25, 0.3) is 0 Å². The number of carbonyl (C=O) groups is 1. The number of anilines is 1. The Morgan fingerprint density at radius 2 is 1.68 bits per heavy atom. The molecule has 1 aromatic heterocycles. The van der Waals surface area contributed by atoms with E-state index in [0.29, 0.717) is 31.1 Å². The number of hydrogen-bond donors (Lipinski definition) is 0. The van der Waals surface area contributed by atoms with Crippen LogP contribution in [-0.2, 0) is 24.3 Å². The van der Waals surface area contributed by atoms with Gasteiger partial charge in [-0.1, -0.05) is 55.5 Å². The van der Waals surface area contributed by atoms with Crippen LogP contribution >= 0.6 is 0 Å². The van der Waals surface area contributed by atoms with E-state index in [1.165, 1.54) is 0 Å². The molecule has 1 fully saturated rings. The lowest BCUT2D eigenvalue weighted by Gasteiger charge is -2.33. The SMILES string of the molecule is CC1CCN(c2nc3c(c(Oc4ccccc4)n2)CN(C(=O)OCc2ccccc2)CC3)CC1. The lowest BCUT2D eigenvalue weighted by atomic mass is 9.99. The molecule has 1 amide bonds. The van der Waals surface area contributed by atoms with Crippen LogP contribution in [0, 0.1) is 5.92 Å². The number of rotatable bonds is 5. The van der Waals surface area contributed by atoms with Crippen molar-refractivity contribution in [2.45, 2.75) is 39.3 Å². The summed E-state index contributed by atoms with van der Waals surface area (Å²) in [6.45, 7) is 5.35. The number of carbonyl (C=O) groups excluding carboxylic acids is 1. The van der Waals surface area contributed by atoms with Crippen LogP contribution in [0.5, 0.6) is 11.6 Å². The molecule has 34 heavy (non-hydrogen) atoms. The standard InChI is InChI=1S/C27H30N4O3/c1-20-12-15-30(16-13-20)26-28-24-14-17-31(27(32)33-19-21-8-4-2-5-9-21)18-23(24)25(29-26)34-22-10-6-3-7-11-22/h2-11,20H,12-19H2,1H3. The highest BCUT2D eigenvalue weighted by atomic mass is 16.6. The predicted molar refractivity (Wildman–Crippen MR) is 130 cm³/mol. The van der Waals surface area contributed by atoms with Crippen LogP contribution in [0.1, 0.15) is 36.6 Å². The summed E-state index contributed by atoms with van der Waals surface area (Å²) in [5.41, 5.74) is 2.76. The number of amides is 1. The molecule has 2 aliphatic rings. The van der Waals surface area contributed by atoms with Crippen LogP contribution in [0.2, 0.25) is 0 Å². The van der Waals surface area contributed by atoms with E-state index >= 15 is 0 Å². The lowest BCUT2D eigenvalue weighted by Crippen LogP contribution is -2.38. The summed E-state index contributed by atoms with van der Waals surface area (Å²) in [6, 6.07) is 19.3. The van der Waals surface area contributed by atoms with Gasteiger partial charge in [0.15, 0.2) is 0 Å². The molecule has 2 aromatic carbocycles. The Hall–Kier alpha value is -3.61. The van der Waals surface area contributed by atoms with Gasteiger partial charge >= 0.3 is 6.09 Å². The third-order valence-electron chi connectivity index (χ3n) is 6.50. The van der Waals surface area contributed by atoms with E-state index in [4.69, 9.17) is 19.4 Å². The summed E-state index contributed by atoms with van der Waals surface area (Å²) in [4.78, 5) is 26.5. The molecule has 0 saturated carbocycles. The molecule has 0 spiro atoms. The first-order valence-corrected chi connectivity index (χ1v) is 12.0. The number of nitrogens with zero attached hydrogens (tertiary/aromatic N) is 4. The zero-order valence-corrected chi connectivity index (χ0v) is 19.5. The predicted octanol–water partition coefficient (Wildman–Crippen LogP) is 5.20. The highest BCUT2D eigenvalue weighted by Gasteiger charge is 2.29. The van der Waals surface area contributed by atoms with Gasteiger partial charge in [0.05, 0.1) is 17.8 Å². The molecule has 0 aliphatic carbocycles. The third kappa shape index (κ3) is 5.14. The first-order chi connectivity index (χ1) is 16.7. The number of hydrogen-bond acceptors (Lipinski definition) is 6. The Morgan fingerprint density at radius 3 is 2.41 bits per heavy atom. The van der Waals surface area contributed by atoms with Gasteiger partial charge in [-0.15, -0.1) is 0 Å². The quantitative estimate of drug-likeness (QED) is 0.524. The topological polar surface area (TPSA) is 67.8 Å². The number of ether oxygens (including phenoxy) is 2. The maximum absolute atomic E-state index is 12.8. The van der Waals surface area contributed by atoms with Gasteiger partial charge in [0.2, 0.25) is 11.8 Å². The van der Waals surface area contributed by atoms with Crippen molar-refractivity contribution in [3.63, 3.8) is 0 Å². The Kier molecular flexibility index (Phi) is 6.60. The van der Waals surface area contributed by atoms with Crippen molar-refractivity contribution in [1.82, 2.24) is 14.9 Å². The molecule has 1 saturated heterocycles. The van der Waals surface area contributed by atoms with Gasteiger partial charge in [-0.2, -0.15) is 4.98 Å². The Labute approximate surface area is 200 Å². The summed E-state index contributed by atoms with van der Waals surface area (Å²) in [6.07, 6.45) is 2.57. The van der Waals surface area contributed by atoms with E-state index in [9.17, 15) is 4.79 Å². The molecule has 2 aliphatic heterocycles. The maximum Gasteiger partial charge on any atom is 0.410 e. The molecule has 0 bridgehead atoms. The zero-order valence-electron chi connectivity index (χ0n) is 19.5. The number of para-hydroxylation sites is 1. The van der Waals surface area contributed by atoms with Crippen molar-refractivity contribution >= 4 is 12.0 Å². The number of benzene rings is 2. The Morgan fingerprint density at radius 1 is 0.971 bits per heavy atom. The summed E-state index contributed by atoms with van der Waals surface area (Å²) >= 11 is 0. The highest BCUT2D eigenvalue weighted by Crippen LogP contribution is 2.32. The van der Waals surface area contributed by atoms with Crippen molar-refractivity contribution in [2.75, 3.05) is 24.5 Å². The third-order valence-corrected chi connectivity index (χ3v) is 6.50. The van der Waals surface area contributed by atoms with Crippen LogP contribution in [0.4, 0.5) is 10.7 Å². The van der Waals surface area contributed by atoms with Crippen LogP contribution in [0.15, 0.2) is 60.7 Å². The van der Waals surface area contributed by atoms with Crippen molar-refractivity contribution in [3.05, 3.63) is 77.5 Å². The van der Waals surface area contributed by atoms with E-state index in [-0.39, 0.29) is 12.7 Å². The maximum atomic E-state index is 12.8. The molecule has 7 nitrogen and oxygen atoms in total. The fourth-order valence-corrected chi connectivity index (χ4v) is 4.37. The van der Waals surface area contributed by atoms with E-state index in [2.05, 4.69) is 11.8 Å². The second kappa shape index (κ2) is 10.1. The molecule has 0 atom stereocenters. The molecule has 0 unspecified atom stereocenters. The second-order valence-corrected chi connectivity index (χ2v) is 9.05. The van der Waals surface area contributed by atoms with Crippen LogP contribution in [0.3, 0.4) is 0 Å². The first-order valence-electron chi connectivity index (χ1n) is 12.0. The van der Waals surface area contributed by atoms with Crippen LogP contribution in [0.25, 0.3) is 0 Å². The smallest absolute Gasteiger partial charge is 0.410 e. The fourth-order valence-electron chi connectivity index (χ4n) is 4.37. The summed E-state index contributed by atoms with van der Waals surface area (Å²) in [5, 5.41) is 0.